The molecule has 1 saturated heterocycles. The predicted octanol–water partition coefficient (Wildman–Crippen LogP) is 1.78. The van der Waals surface area contributed by atoms with Gasteiger partial charge < -0.3 is 4.79 Å². The Labute approximate surface area is 97.0 Å². The normalized spacial score (nSPS) is 19.5. The second kappa shape index (κ2) is 7.14. The molecule has 92 valence electrons. The zero-order chi connectivity index (χ0) is 12.7. The van der Waals surface area contributed by atoms with Gasteiger partial charge in [0.2, 0.25) is 11.8 Å². The number of carbonyl (C=O) groups is 3. The van der Waals surface area contributed by atoms with E-state index in [1.807, 2.05) is 13.8 Å². The third kappa shape index (κ3) is 4.13. The van der Waals surface area contributed by atoms with Crippen molar-refractivity contribution in [3.05, 3.63) is 0 Å². The minimum Gasteiger partial charge on any atom is -0.300 e. The number of rotatable bonds is 4. The van der Waals surface area contributed by atoms with Crippen LogP contribution in [0, 0.1) is 5.92 Å². The zero-order valence-corrected chi connectivity index (χ0v) is 10.6. The zero-order valence-electron chi connectivity index (χ0n) is 10.6. The molecular weight excluding hydrogens is 206 g/mol. The van der Waals surface area contributed by atoms with Crippen molar-refractivity contribution < 1.29 is 14.4 Å². The van der Waals surface area contributed by atoms with Gasteiger partial charge in [-0.3, -0.25) is 14.5 Å². The Bertz CT molecular complexity index is 273. The number of hydrogen-bond acceptors (Lipinski definition) is 3. The molecule has 1 unspecified atom stereocenters. The fraction of sp³-hybridized carbons (Fsp3) is 0.750. The van der Waals surface area contributed by atoms with Gasteiger partial charge in [-0.2, -0.15) is 0 Å². The quantitative estimate of drug-likeness (QED) is 0.688. The lowest BCUT2D eigenvalue weighted by Gasteiger charge is -2.13. The van der Waals surface area contributed by atoms with Crippen molar-refractivity contribution in [2.45, 2.75) is 47.0 Å². The molecule has 0 aliphatic carbocycles. The Balaban J connectivity index is 0.00000106. The summed E-state index contributed by atoms with van der Waals surface area (Å²) in [4.78, 5) is 34.6. The molecule has 1 heterocycles. The van der Waals surface area contributed by atoms with Crippen LogP contribution < -0.4 is 0 Å². The van der Waals surface area contributed by atoms with Crippen molar-refractivity contribution in [3.8, 4) is 0 Å². The Morgan fingerprint density at radius 1 is 1.38 bits per heavy atom. The Kier molecular flexibility index (Phi) is 6.61. The molecule has 0 saturated carbocycles. The maximum absolute atomic E-state index is 11.4. The average molecular weight is 227 g/mol. The molecule has 1 atom stereocenters. The van der Waals surface area contributed by atoms with E-state index in [1.54, 1.807) is 6.92 Å². The van der Waals surface area contributed by atoms with Crippen LogP contribution in [-0.2, 0) is 14.4 Å². The van der Waals surface area contributed by atoms with Gasteiger partial charge in [0.15, 0.2) is 0 Å². The minimum absolute atomic E-state index is 0.0946. The van der Waals surface area contributed by atoms with Crippen molar-refractivity contribution in [1.29, 1.82) is 0 Å². The lowest BCUT2D eigenvalue weighted by atomic mass is 10.1. The van der Waals surface area contributed by atoms with Gasteiger partial charge in [0, 0.05) is 25.3 Å². The average Bonchev–Trinajstić information content (AvgIpc) is 2.47. The van der Waals surface area contributed by atoms with Gasteiger partial charge in [-0.1, -0.05) is 20.8 Å². The SMILES string of the molecule is CC.CC(=O)CCCN1C(=O)CC(C)C1=O. The number of imide groups is 1. The summed E-state index contributed by atoms with van der Waals surface area (Å²) in [7, 11) is 0. The maximum Gasteiger partial charge on any atom is 0.232 e. The van der Waals surface area contributed by atoms with Gasteiger partial charge >= 0.3 is 0 Å². The molecule has 0 aromatic carbocycles. The van der Waals surface area contributed by atoms with E-state index < -0.39 is 0 Å². The topological polar surface area (TPSA) is 54.5 Å². The van der Waals surface area contributed by atoms with Crippen molar-refractivity contribution in [1.82, 2.24) is 4.90 Å². The van der Waals surface area contributed by atoms with Crippen LogP contribution in [0.3, 0.4) is 0 Å². The molecule has 0 radical (unpaired) electrons. The summed E-state index contributed by atoms with van der Waals surface area (Å²) in [5, 5.41) is 0. The Morgan fingerprint density at radius 3 is 2.31 bits per heavy atom. The van der Waals surface area contributed by atoms with Crippen LogP contribution in [0.1, 0.15) is 47.0 Å². The van der Waals surface area contributed by atoms with Crippen LogP contribution in [0.25, 0.3) is 0 Å². The van der Waals surface area contributed by atoms with Gasteiger partial charge in [-0.05, 0) is 13.3 Å². The van der Waals surface area contributed by atoms with Gasteiger partial charge in [-0.25, -0.2) is 0 Å². The molecule has 1 fully saturated rings. The highest BCUT2D eigenvalue weighted by molar-refractivity contribution is 6.03. The Morgan fingerprint density at radius 2 is 1.94 bits per heavy atom. The summed E-state index contributed by atoms with van der Waals surface area (Å²) in [5.74, 6) is -0.290. The lowest BCUT2D eigenvalue weighted by Crippen LogP contribution is -2.31. The van der Waals surface area contributed by atoms with Crippen molar-refractivity contribution in [2.24, 2.45) is 5.92 Å². The van der Waals surface area contributed by atoms with Gasteiger partial charge in [0.05, 0.1) is 0 Å². The molecule has 0 N–H and O–H groups in total. The first-order chi connectivity index (χ1) is 7.52. The smallest absolute Gasteiger partial charge is 0.232 e. The molecule has 0 bridgehead atoms. The van der Waals surface area contributed by atoms with Crippen LogP contribution in [-0.4, -0.2) is 29.0 Å². The van der Waals surface area contributed by atoms with Crippen LogP contribution in [0.4, 0.5) is 0 Å². The van der Waals surface area contributed by atoms with Crippen LogP contribution in [0.2, 0.25) is 0 Å². The van der Waals surface area contributed by atoms with Gasteiger partial charge in [0.1, 0.15) is 5.78 Å². The molecule has 1 aliphatic rings. The van der Waals surface area contributed by atoms with E-state index in [0.717, 1.165) is 0 Å². The molecule has 0 spiro atoms. The molecule has 2 amide bonds. The second-order valence-corrected chi connectivity index (χ2v) is 3.79. The van der Waals surface area contributed by atoms with E-state index >= 15 is 0 Å². The molecule has 4 heteroatoms. The number of likely N-dealkylation sites (tertiary alicyclic amines) is 1. The highest BCUT2D eigenvalue weighted by Gasteiger charge is 2.34. The highest BCUT2D eigenvalue weighted by atomic mass is 16.2. The van der Waals surface area contributed by atoms with E-state index in [0.29, 0.717) is 25.8 Å². The number of amides is 2. The minimum atomic E-state index is -0.181. The third-order valence-electron chi connectivity index (χ3n) is 2.38. The molecule has 1 aliphatic heterocycles. The monoisotopic (exact) mass is 227 g/mol. The van der Waals surface area contributed by atoms with Crippen molar-refractivity contribution in [3.63, 3.8) is 0 Å². The fourth-order valence-corrected chi connectivity index (χ4v) is 1.57. The summed E-state index contributed by atoms with van der Waals surface area (Å²) >= 11 is 0. The number of carbonyl (C=O) groups excluding carboxylic acids is 3. The first kappa shape index (κ1) is 14.8. The highest BCUT2D eigenvalue weighted by Crippen LogP contribution is 2.18. The number of nitrogens with zero attached hydrogens (tertiary/aromatic N) is 1. The number of hydrogen-bond donors (Lipinski definition) is 0. The van der Waals surface area contributed by atoms with E-state index in [4.69, 9.17) is 0 Å². The van der Waals surface area contributed by atoms with E-state index in [1.165, 1.54) is 11.8 Å². The fourth-order valence-electron chi connectivity index (χ4n) is 1.57. The summed E-state index contributed by atoms with van der Waals surface area (Å²) in [6, 6.07) is 0. The standard InChI is InChI=1S/C10H15NO3.C2H6/c1-7-6-9(13)11(10(7)14)5-3-4-8(2)12;1-2/h7H,3-6H2,1-2H3;1-2H3. The molecule has 4 nitrogen and oxygen atoms in total. The molecule has 0 aromatic rings. The van der Waals surface area contributed by atoms with E-state index in [9.17, 15) is 14.4 Å². The van der Waals surface area contributed by atoms with Crippen molar-refractivity contribution in [2.75, 3.05) is 6.54 Å². The number of Topliss-reactive ketones (excluding diaryl/α,β-unsaturated/α-hetero) is 1. The van der Waals surface area contributed by atoms with Crippen LogP contribution in [0.5, 0.6) is 0 Å². The van der Waals surface area contributed by atoms with E-state index in [-0.39, 0.29) is 23.5 Å². The van der Waals surface area contributed by atoms with Crippen LogP contribution >= 0.6 is 0 Å². The van der Waals surface area contributed by atoms with Gasteiger partial charge in [-0.15, -0.1) is 0 Å². The largest absolute Gasteiger partial charge is 0.300 e. The first-order valence-corrected chi connectivity index (χ1v) is 5.86. The molecule has 1 rings (SSSR count). The summed E-state index contributed by atoms with van der Waals surface area (Å²) in [5.41, 5.74) is 0. The number of ketones is 1. The molecular formula is C12H21NO3. The second-order valence-electron chi connectivity index (χ2n) is 3.79. The lowest BCUT2D eigenvalue weighted by molar-refractivity contribution is -0.139. The predicted molar refractivity (Wildman–Crippen MR) is 61.8 cm³/mol. The maximum atomic E-state index is 11.4. The third-order valence-corrected chi connectivity index (χ3v) is 2.38. The first-order valence-electron chi connectivity index (χ1n) is 5.86. The summed E-state index contributed by atoms with van der Waals surface area (Å²) in [6.07, 6.45) is 1.34. The van der Waals surface area contributed by atoms with E-state index in [2.05, 4.69) is 0 Å². The summed E-state index contributed by atoms with van der Waals surface area (Å²) < 4.78 is 0. The molecule has 0 aromatic heterocycles. The summed E-state index contributed by atoms with van der Waals surface area (Å²) in [6.45, 7) is 7.66. The Hall–Kier alpha value is -1.19. The molecule has 16 heavy (non-hydrogen) atoms. The van der Waals surface area contributed by atoms with Gasteiger partial charge in [0.25, 0.3) is 0 Å². The van der Waals surface area contributed by atoms with Crippen LogP contribution in [0.15, 0.2) is 0 Å². The van der Waals surface area contributed by atoms with Crippen molar-refractivity contribution >= 4 is 17.6 Å².